The van der Waals surface area contributed by atoms with Gasteiger partial charge in [-0.3, -0.25) is 4.79 Å². The Kier molecular flexibility index (Phi) is 9.13. The monoisotopic (exact) mass is 341 g/mol. The molecular formula is C16H24BrNO2. The molecule has 0 aliphatic rings. The summed E-state index contributed by atoms with van der Waals surface area (Å²) in [7, 11) is 1.65. The summed E-state index contributed by atoms with van der Waals surface area (Å²) in [6, 6.07) is 7.87. The quantitative estimate of drug-likeness (QED) is 0.520. The van der Waals surface area contributed by atoms with E-state index in [4.69, 9.17) is 4.74 Å². The molecule has 0 bridgehead atoms. The number of benzene rings is 1. The number of halogens is 1. The normalized spacial score (nSPS) is 10.3. The van der Waals surface area contributed by atoms with E-state index in [-0.39, 0.29) is 5.91 Å². The van der Waals surface area contributed by atoms with Crippen LogP contribution in [-0.4, -0.2) is 24.9 Å². The Hall–Kier alpha value is -1.03. The second-order valence-corrected chi connectivity index (χ2v) is 5.59. The SMILES string of the molecule is COc1ccc(CCC(=O)NCCCCCCBr)cc1. The Bertz CT molecular complexity index is 379. The first-order valence-corrected chi connectivity index (χ1v) is 8.34. The predicted octanol–water partition coefficient (Wildman–Crippen LogP) is 3.70. The summed E-state index contributed by atoms with van der Waals surface area (Å²) in [5, 5.41) is 4.05. The van der Waals surface area contributed by atoms with Gasteiger partial charge < -0.3 is 10.1 Å². The lowest BCUT2D eigenvalue weighted by molar-refractivity contribution is -0.121. The molecule has 1 aromatic rings. The van der Waals surface area contributed by atoms with Gasteiger partial charge in [-0.25, -0.2) is 0 Å². The van der Waals surface area contributed by atoms with Crippen LogP contribution in [0.4, 0.5) is 0 Å². The van der Waals surface area contributed by atoms with Crippen LogP contribution in [0.3, 0.4) is 0 Å². The minimum Gasteiger partial charge on any atom is -0.497 e. The van der Waals surface area contributed by atoms with E-state index in [9.17, 15) is 4.79 Å². The lowest BCUT2D eigenvalue weighted by Crippen LogP contribution is -2.24. The Morgan fingerprint density at radius 3 is 2.50 bits per heavy atom. The highest BCUT2D eigenvalue weighted by atomic mass is 79.9. The highest BCUT2D eigenvalue weighted by Gasteiger charge is 2.02. The van der Waals surface area contributed by atoms with Crippen LogP contribution in [-0.2, 0) is 11.2 Å². The van der Waals surface area contributed by atoms with E-state index < -0.39 is 0 Å². The van der Waals surface area contributed by atoms with Crippen LogP contribution in [0.15, 0.2) is 24.3 Å². The third-order valence-electron chi connectivity index (χ3n) is 3.18. The zero-order valence-corrected chi connectivity index (χ0v) is 13.7. The van der Waals surface area contributed by atoms with Crippen LogP contribution in [0.2, 0.25) is 0 Å². The van der Waals surface area contributed by atoms with E-state index >= 15 is 0 Å². The van der Waals surface area contributed by atoms with Crippen molar-refractivity contribution >= 4 is 21.8 Å². The molecule has 0 saturated carbocycles. The summed E-state index contributed by atoms with van der Waals surface area (Å²) in [6.45, 7) is 0.795. The third-order valence-corrected chi connectivity index (χ3v) is 3.74. The fourth-order valence-electron chi connectivity index (χ4n) is 1.94. The molecule has 1 aromatic carbocycles. The van der Waals surface area contributed by atoms with Crippen LogP contribution in [0.5, 0.6) is 5.75 Å². The largest absolute Gasteiger partial charge is 0.497 e. The van der Waals surface area contributed by atoms with Crippen molar-refractivity contribution < 1.29 is 9.53 Å². The average molecular weight is 342 g/mol. The Balaban J connectivity index is 2.10. The maximum atomic E-state index is 11.7. The van der Waals surface area contributed by atoms with E-state index in [1.165, 1.54) is 24.8 Å². The highest BCUT2D eigenvalue weighted by molar-refractivity contribution is 9.09. The summed E-state index contributed by atoms with van der Waals surface area (Å²) in [4.78, 5) is 11.7. The molecule has 1 N–H and O–H groups in total. The molecule has 0 saturated heterocycles. The zero-order valence-electron chi connectivity index (χ0n) is 12.2. The van der Waals surface area contributed by atoms with Gasteiger partial charge in [0.05, 0.1) is 7.11 Å². The van der Waals surface area contributed by atoms with E-state index in [0.717, 1.165) is 30.5 Å². The van der Waals surface area contributed by atoms with E-state index in [1.54, 1.807) is 7.11 Å². The number of unbranched alkanes of at least 4 members (excludes halogenated alkanes) is 3. The minimum absolute atomic E-state index is 0.140. The van der Waals surface area contributed by atoms with Crippen molar-refractivity contribution in [2.45, 2.75) is 38.5 Å². The minimum atomic E-state index is 0.140. The summed E-state index contributed by atoms with van der Waals surface area (Å²) >= 11 is 3.42. The van der Waals surface area contributed by atoms with Gasteiger partial charge in [0.25, 0.3) is 0 Å². The molecule has 0 aliphatic carbocycles. The smallest absolute Gasteiger partial charge is 0.220 e. The van der Waals surface area contributed by atoms with Gasteiger partial charge in [-0.05, 0) is 37.0 Å². The summed E-state index contributed by atoms with van der Waals surface area (Å²) in [6.07, 6.45) is 6.02. The molecule has 0 spiro atoms. The van der Waals surface area contributed by atoms with Crippen molar-refractivity contribution in [3.63, 3.8) is 0 Å². The maximum absolute atomic E-state index is 11.7. The Morgan fingerprint density at radius 2 is 1.85 bits per heavy atom. The molecular weight excluding hydrogens is 318 g/mol. The van der Waals surface area contributed by atoms with Crippen LogP contribution in [0, 0.1) is 0 Å². The molecule has 20 heavy (non-hydrogen) atoms. The van der Waals surface area contributed by atoms with Gasteiger partial charge >= 0.3 is 0 Å². The molecule has 0 aliphatic heterocycles. The number of hydrogen-bond donors (Lipinski definition) is 1. The Morgan fingerprint density at radius 1 is 1.15 bits per heavy atom. The predicted molar refractivity (Wildman–Crippen MR) is 86.6 cm³/mol. The summed E-state index contributed by atoms with van der Waals surface area (Å²) in [5.74, 6) is 0.989. The van der Waals surface area contributed by atoms with Crippen LogP contribution in [0.25, 0.3) is 0 Å². The average Bonchev–Trinajstić information content (AvgIpc) is 2.49. The zero-order chi connectivity index (χ0) is 14.6. The van der Waals surface area contributed by atoms with Crippen molar-refractivity contribution in [1.82, 2.24) is 5.32 Å². The maximum Gasteiger partial charge on any atom is 0.220 e. The van der Waals surface area contributed by atoms with Gasteiger partial charge in [-0.2, -0.15) is 0 Å². The molecule has 3 nitrogen and oxygen atoms in total. The summed E-state index contributed by atoms with van der Waals surface area (Å²) < 4.78 is 5.11. The van der Waals surface area contributed by atoms with Gasteiger partial charge in [0.15, 0.2) is 0 Å². The standard InChI is InChI=1S/C16H24BrNO2/c1-20-15-9-6-14(7-10-15)8-11-16(19)18-13-5-3-2-4-12-17/h6-7,9-10H,2-5,8,11-13H2,1H3,(H,18,19). The molecule has 1 rings (SSSR count). The first-order valence-electron chi connectivity index (χ1n) is 7.22. The van der Waals surface area contributed by atoms with E-state index in [2.05, 4.69) is 21.2 Å². The summed E-state index contributed by atoms with van der Waals surface area (Å²) in [5.41, 5.74) is 1.17. The van der Waals surface area contributed by atoms with Gasteiger partial charge in [-0.1, -0.05) is 40.9 Å². The van der Waals surface area contributed by atoms with E-state index in [0.29, 0.717) is 6.42 Å². The Labute approximate surface area is 130 Å². The van der Waals surface area contributed by atoms with Gasteiger partial charge in [0.2, 0.25) is 5.91 Å². The molecule has 0 atom stereocenters. The molecule has 0 radical (unpaired) electrons. The van der Waals surface area contributed by atoms with Gasteiger partial charge in [0.1, 0.15) is 5.75 Å². The van der Waals surface area contributed by atoms with Crippen LogP contribution >= 0.6 is 15.9 Å². The third kappa shape index (κ3) is 7.53. The lowest BCUT2D eigenvalue weighted by Gasteiger charge is -2.06. The van der Waals surface area contributed by atoms with Crippen LogP contribution in [0.1, 0.15) is 37.7 Å². The molecule has 1 amide bonds. The van der Waals surface area contributed by atoms with Crippen molar-refractivity contribution in [2.75, 3.05) is 19.0 Å². The van der Waals surface area contributed by atoms with Crippen molar-refractivity contribution in [3.05, 3.63) is 29.8 Å². The molecule has 0 aromatic heterocycles. The van der Waals surface area contributed by atoms with Crippen molar-refractivity contribution in [3.8, 4) is 5.75 Å². The van der Waals surface area contributed by atoms with Gasteiger partial charge in [0, 0.05) is 18.3 Å². The molecule has 4 heteroatoms. The second kappa shape index (κ2) is 10.7. The van der Waals surface area contributed by atoms with Crippen molar-refractivity contribution in [2.24, 2.45) is 0 Å². The molecule has 0 heterocycles. The fourth-order valence-corrected chi connectivity index (χ4v) is 2.34. The number of hydrogen-bond acceptors (Lipinski definition) is 2. The number of alkyl halides is 1. The number of amides is 1. The second-order valence-electron chi connectivity index (χ2n) is 4.80. The van der Waals surface area contributed by atoms with Crippen molar-refractivity contribution in [1.29, 1.82) is 0 Å². The lowest BCUT2D eigenvalue weighted by atomic mass is 10.1. The molecule has 0 fully saturated rings. The topological polar surface area (TPSA) is 38.3 Å². The first kappa shape index (κ1) is 17.0. The van der Waals surface area contributed by atoms with Crippen LogP contribution < -0.4 is 10.1 Å². The molecule has 112 valence electrons. The van der Waals surface area contributed by atoms with E-state index in [1.807, 2.05) is 24.3 Å². The fraction of sp³-hybridized carbons (Fsp3) is 0.562. The number of methoxy groups -OCH3 is 1. The number of rotatable bonds is 10. The van der Waals surface area contributed by atoms with Gasteiger partial charge in [-0.15, -0.1) is 0 Å². The molecule has 0 unspecified atom stereocenters. The first-order chi connectivity index (χ1) is 9.76. The number of carbonyl (C=O) groups is 1. The number of nitrogens with one attached hydrogen (secondary N) is 1. The highest BCUT2D eigenvalue weighted by Crippen LogP contribution is 2.12. The number of carbonyl (C=O) groups excluding carboxylic acids is 1. The number of aryl methyl sites for hydroxylation is 1. The number of ether oxygens (including phenoxy) is 1.